The topological polar surface area (TPSA) is 134 Å². The van der Waals surface area contributed by atoms with Gasteiger partial charge in [0.15, 0.2) is 0 Å². The van der Waals surface area contributed by atoms with E-state index in [0.29, 0.717) is 76.7 Å². The minimum Gasteiger partial charge on any atom is -0.347 e. The second kappa shape index (κ2) is 45.8. The van der Waals surface area contributed by atoms with Crippen molar-refractivity contribution in [3.8, 4) is 0 Å². The van der Waals surface area contributed by atoms with E-state index in [9.17, 15) is 18.0 Å². The lowest BCUT2D eigenvalue weighted by molar-refractivity contribution is -0.187. The molecule has 6 fully saturated rings. The fourth-order valence-corrected chi connectivity index (χ4v) is 13.0. The predicted octanol–water partition coefficient (Wildman–Crippen LogP) is 18.9. The van der Waals surface area contributed by atoms with Gasteiger partial charge in [-0.2, -0.15) is 13.2 Å². The monoisotopic (exact) mass is 1350 g/mol. The number of nitrogens with one attached hydrogen (secondary N) is 7. The first-order valence-electron chi connectivity index (χ1n) is 38.4. The molecule has 1 heterocycles. The van der Waals surface area contributed by atoms with Crippen LogP contribution in [0.1, 0.15) is 329 Å². The molecule has 0 aromatic carbocycles. The number of carbonyl (C=O) groups is 1. The Balaban J connectivity index is 0. The van der Waals surface area contributed by atoms with Crippen LogP contribution in [0.2, 0.25) is 0 Å². The van der Waals surface area contributed by atoms with E-state index in [0.717, 1.165) is 67.7 Å². The molecule has 6 saturated carbocycles. The van der Waals surface area contributed by atoms with Crippen molar-refractivity contribution in [3.05, 3.63) is 24.3 Å². The van der Waals surface area contributed by atoms with Gasteiger partial charge >= 0.3 is 6.18 Å². The van der Waals surface area contributed by atoms with Crippen LogP contribution in [0.5, 0.6) is 0 Å². The lowest BCUT2D eigenvalue weighted by Crippen LogP contribution is -2.54. The third kappa shape index (κ3) is 42.1. The van der Waals surface area contributed by atoms with Gasteiger partial charge in [-0.3, -0.25) is 14.7 Å². The number of nitrogens with zero attached hydrogens (tertiary/aromatic N) is 4. The minimum absolute atomic E-state index is 0.152. The molecule has 0 radical (unpaired) electrons. The highest BCUT2D eigenvalue weighted by Crippen LogP contribution is 2.45. The first-order valence-corrected chi connectivity index (χ1v) is 38.4. The van der Waals surface area contributed by atoms with Crippen LogP contribution >= 0.6 is 0 Å². The Morgan fingerprint density at radius 1 is 0.516 bits per heavy atom. The van der Waals surface area contributed by atoms with Crippen molar-refractivity contribution in [1.29, 1.82) is 0 Å². The third-order valence-electron chi connectivity index (χ3n) is 20.4. The zero-order valence-electron chi connectivity index (χ0n) is 69.1. The number of fused-ring (bicyclic) bond motifs is 4. The van der Waals surface area contributed by atoms with Gasteiger partial charge < -0.3 is 42.1 Å². The average molecular weight is 1350 g/mol. The summed E-state index contributed by atoms with van der Waals surface area (Å²) in [4.78, 5) is 24.5. The van der Waals surface area contributed by atoms with Crippen LogP contribution in [-0.4, -0.2) is 147 Å². The number of rotatable bonds is 20. The quantitative estimate of drug-likeness (QED) is 0.0673. The fraction of sp³-hybridized carbons (Fsp3) is 0.938. The second-order valence-electron chi connectivity index (χ2n) is 36.0. The van der Waals surface area contributed by atoms with Crippen LogP contribution in [-0.2, 0) is 0 Å². The van der Waals surface area contributed by atoms with Crippen LogP contribution in [0.4, 0.5) is 13.2 Å². The average Bonchev–Trinajstić information content (AvgIpc) is 1.72. The molecule has 12 nitrogen and oxygen atoms in total. The molecule has 4 bridgehead atoms. The molecule has 0 aliphatic heterocycles. The zero-order valence-corrected chi connectivity index (χ0v) is 69.1. The molecular formula is C80H164F3N11O. The Labute approximate surface area is 589 Å². The number of halogens is 3. The van der Waals surface area contributed by atoms with Crippen molar-refractivity contribution >= 4 is 5.91 Å². The van der Waals surface area contributed by atoms with Crippen molar-refractivity contribution < 1.29 is 18.0 Å². The van der Waals surface area contributed by atoms with Crippen LogP contribution in [0.15, 0.2) is 18.6 Å². The summed E-state index contributed by atoms with van der Waals surface area (Å²) in [7, 11) is 4.39. The first-order chi connectivity index (χ1) is 43.2. The van der Waals surface area contributed by atoms with Crippen LogP contribution in [0, 0.1) is 46.8 Å². The van der Waals surface area contributed by atoms with Crippen LogP contribution < -0.4 is 37.2 Å². The van der Waals surface area contributed by atoms with Crippen molar-refractivity contribution in [1.82, 2.24) is 57.0 Å². The minimum atomic E-state index is -4.18. The molecule has 0 spiro atoms. The third-order valence-corrected chi connectivity index (χ3v) is 20.4. The maximum atomic E-state index is 12.1. The van der Waals surface area contributed by atoms with Gasteiger partial charge in [0.05, 0.1) is 6.20 Å². The number of carbonyl (C=O) groups excluding carboxylic acids is 1. The van der Waals surface area contributed by atoms with Gasteiger partial charge in [-0.15, -0.1) is 0 Å². The molecule has 1 aromatic heterocycles. The number of alkyl halides is 3. The van der Waals surface area contributed by atoms with E-state index in [1.165, 1.54) is 102 Å². The summed E-state index contributed by atoms with van der Waals surface area (Å²) < 4.78 is 36.4. The summed E-state index contributed by atoms with van der Waals surface area (Å²) in [6, 6.07) is 8.68. The maximum Gasteiger partial charge on any atom is 0.406 e. The normalized spacial score (nSPS) is 21.4. The molecular weight excluding hydrogens is 1190 g/mol. The summed E-state index contributed by atoms with van der Waals surface area (Å²) in [5.41, 5.74) is -0.456. The Kier molecular flexibility index (Phi) is 45.8. The molecule has 6 aliphatic rings. The molecule has 7 N–H and O–H groups in total. The molecule has 15 heteroatoms. The van der Waals surface area contributed by atoms with Gasteiger partial charge in [0.1, 0.15) is 11.2 Å². The highest BCUT2D eigenvalue weighted by atomic mass is 19.4. The summed E-state index contributed by atoms with van der Waals surface area (Å²) in [5, 5.41) is 23.3. The standard InChI is InChI=1S/C12H19N3O.2C10H19N.2C9H21N.C8H17N.C8H19N.C7H14F3N.C7H15N/c1-8(2)11(9(3)4)15-12(16)10-7-13-5-6-14-10;2*1-7(2)11-10-6-8-3-4-9(10)5-8;1-7(2)10-8(3)9(4,5)6;1-7(2)9(5,6)10-8(3)4;1-7(2)9(3)8-5-4-6-8;1-7(2)9(6)8(3,4)5;1-5(2)11-6(3,4)7(8,9)10;1-6(2)8-7-4-3-5-7/h5-9,11H,1-4H3,(H,15,16);2*7-11H,3-6H2,1-2H3;2*7-8,10H,1-6H3;7-8H,4-6H2,1-3H3;7H,1-6H3;5,11H,1-4H3;6-8H,3-5H2,1-2H3. The van der Waals surface area contributed by atoms with Gasteiger partial charge in [0.2, 0.25) is 0 Å². The summed E-state index contributed by atoms with van der Waals surface area (Å²) in [6.07, 6.45) is 20.9. The molecule has 0 saturated heterocycles. The van der Waals surface area contributed by atoms with Crippen molar-refractivity contribution in [2.75, 3.05) is 14.1 Å². The molecule has 7 rings (SSSR count). The molecule has 1 aromatic rings. The van der Waals surface area contributed by atoms with E-state index >= 15 is 0 Å². The van der Waals surface area contributed by atoms with E-state index in [1.54, 1.807) is 20.0 Å². The number of hydrogen-bond acceptors (Lipinski definition) is 11. The lowest BCUT2D eigenvalue weighted by Gasteiger charge is -2.37. The van der Waals surface area contributed by atoms with Gasteiger partial charge in [-0.1, -0.05) is 171 Å². The molecule has 7 unspecified atom stereocenters. The first kappa shape index (κ1) is 95.1. The number of amides is 1. The van der Waals surface area contributed by atoms with Crippen LogP contribution in [0.3, 0.4) is 0 Å². The van der Waals surface area contributed by atoms with E-state index < -0.39 is 11.7 Å². The molecule has 566 valence electrons. The lowest BCUT2D eigenvalue weighted by atomic mass is 9.88. The summed E-state index contributed by atoms with van der Waals surface area (Å²) >= 11 is 0. The SMILES string of the molecule is CC(C)C(NC(=O)c1cnccn1)C(C)C.CC(C)N(C)C(C)(C)C.CC(C)N(C)C1CCC1.CC(C)NC(C)(C)C(C)C.CC(C)NC(C)(C)C(F)(F)F.CC(C)NC(C)C(C)(C)C.CC(C)NC1CC2CCC1C2.CC(C)NC1CC2CCC1C2.CC(C)NC1CCC1. The Hall–Kier alpha value is -1.98. The number of aromatic nitrogens is 2. The van der Waals surface area contributed by atoms with Gasteiger partial charge in [0.25, 0.3) is 5.91 Å². The van der Waals surface area contributed by atoms with E-state index in [4.69, 9.17) is 0 Å². The summed E-state index contributed by atoms with van der Waals surface area (Å²) in [6.45, 7) is 69.8. The molecule has 1 amide bonds. The zero-order chi connectivity index (χ0) is 74.3. The van der Waals surface area contributed by atoms with Gasteiger partial charge in [-0.25, -0.2) is 4.98 Å². The molecule has 95 heavy (non-hydrogen) atoms. The van der Waals surface area contributed by atoms with Gasteiger partial charge in [0, 0.05) is 108 Å². The van der Waals surface area contributed by atoms with E-state index in [2.05, 4.69) is 272 Å². The molecule has 7 atom stereocenters. The van der Waals surface area contributed by atoms with Gasteiger partial charge in [-0.05, 0) is 208 Å². The second-order valence-corrected chi connectivity index (χ2v) is 36.0. The highest BCUT2D eigenvalue weighted by molar-refractivity contribution is 5.92. The number of hydrogen-bond donors (Lipinski definition) is 7. The predicted molar refractivity (Wildman–Crippen MR) is 410 cm³/mol. The van der Waals surface area contributed by atoms with Crippen molar-refractivity contribution in [2.24, 2.45) is 46.8 Å². The van der Waals surface area contributed by atoms with Crippen LogP contribution in [0.25, 0.3) is 0 Å². The van der Waals surface area contributed by atoms with E-state index in [-0.39, 0.29) is 23.5 Å². The Bertz CT molecular complexity index is 2010. The highest BCUT2D eigenvalue weighted by Gasteiger charge is 2.47. The van der Waals surface area contributed by atoms with Crippen molar-refractivity contribution in [3.63, 3.8) is 0 Å². The largest absolute Gasteiger partial charge is 0.406 e. The van der Waals surface area contributed by atoms with Crippen molar-refractivity contribution in [2.45, 2.75) is 426 Å². The Morgan fingerprint density at radius 3 is 1.13 bits per heavy atom. The molecule has 6 aliphatic carbocycles. The smallest absolute Gasteiger partial charge is 0.347 e. The summed E-state index contributed by atoms with van der Waals surface area (Å²) in [5.74, 6) is 5.56. The maximum absolute atomic E-state index is 12.1. The van der Waals surface area contributed by atoms with E-state index in [1.807, 2.05) is 0 Å². The fourth-order valence-electron chi connectivity index (χ4n) is 13.0. The Morgan fingerprint density at radius 2 is 0.947 bits per heavy atom.